The second-order valence-corrected chi connectivity index (χ2v) is 6.26. The summed E-state index contributed by atoms with van der Waals surface area (Å²) < 4.78 is 0. The van der Waals surface area contributed by atoms with Crippen LogP contribution in [0.5, 0.6) is 0 Å². The van der Waals surface area contributed by atoms with Crippen molar-refractivity contribution < 1.29 is 4.79 Å². The highest BCUT2D eigenvalue weighted by molar-refractivity contribution is 8.00. The van der Waals surface area contributed by atoms with Crippen LogP contribution < -0.4 is 0 Å². The van der Waals surface area contributed by atoms with Gasteiger partial charge in [0.1, 0.15) is 5.52 Å². The van der Waals surface area contributed by atoms with Gasteiger partial charge in [-0.15, -0.1) is 10.2 Å². The highest BCUT2D eigenvalue weighted by Crippen LogP contribution is 2.25. The summed E-state index contributed by atoms with van der Waals surface area (Å²) in [5, 5.41) is 9.61. The van der Waals surface area contributed by atoms with Crippen LogP contribution in [-0.2, 0) is 4.79 Å². The van der Waals surface area contributed by atoms with E-state index in [1.807, 2.05) is 31.2 Å². The van der Waals surface area contributed by atoms with Crippen LogP contribution in [0.25, 0.3) is 22.1 Å². The molecule has 0 aliphatic heterocycles. The molecule has 21 heavy (non-hydrogen) atoms. The highest BCUT2D eigenvalue weighted by atomic mass is 32.2. The first-order chi connectivity index (χ1) is 10.1. The number of hydrogen-bond donors (Lipinski definition) is 1. The molecule has 0 saturated heterocycles. The van der Waals surface area contributed by atoms with Crippen molar-refractivity contribution in [2.24, 2.45) is 0 Å². The number of amides is 1. The monoisotopic (exact) mass is 301 g/mol. The largest absolute Gasteiger partial charge is 0.348 e. The normalized spacial score (nSPS) is 12.7. The first kappa shape index (κ1) is 13.8. The van der Waals surface area contributed by atoms with Gasteiger partial charge in [-0.1, -0.05) is 30.0 Å². The smallest absolute Gasteiger partial charge is 0.235 e. The minimum Gasteiger partial charge on any atom is -0.348 e. The van der Waals surface area contributed by atoms with E-state index in [2.05, 4.69) is 20.2 Å². The number of fused-ring (bicyclic) bond motifs is 3. The summed E-state index contributed by atoms with van der Waals surface area (Å²) in [6.45, 7) is 1.84. The van der Waals surface area contributed by atoms with Crippen LogP contribution >= 0.6 is 11.8 Å². The number of aromatic amines is 1. The van der Waals surface area contributed by atoms with Gasteiger partial charge in [0.25, 0.3) is 0 Å². The molecule has 0 saturated carbocycles. The van der Waals surface area contributed by atoms with E-state index in [-0.39, 0.29) is 11.2 Å². The summed E-state index contributed by atoms with van der Waals surface area (Å²) >= 11 is 1.31. The van der Waals surface area contributed by atoms with Crippen LogP contribution in [0.1, 0.15) is 6.92 Å². The van der Waals surface area contributed by atoms with Crippen LogP contribution in [-0.4, -0.2) is 50.3 Å². The van der Waals surface area contributed by atoms with E-state index < -0.39 is 0 Å². The van der Waals surface area contributed by atoms with E-state index in [1.165, 1.54) is 11.8 Å². The molecule has 0 unspecified atom stereocenters. The zero-order chi connectivity index (χ0) is 15.0. The van der Waals surface area contributed by atoms with E-state index in [1.54, 1.807) is 19.0 Å². The van der Waals surface area contributed by atoms with Crippen LogP contribution in [0.2, 0.25) is 0 Å². The molecule has 6 nitrogen and oxygen atoms in total. The number of carbonyl (C=O) groups is 1. The second-order valence-electron chi connectivity index (χ2n) is 4.95. The molecule has 1 amide bonds. The molecule has 2 heterocycles. The van der Waals surface area contributed by atoms with Crippen molar-refractivity contribution >= 4 is 39.7 Å². The standard InChI is InChI=1S/C14H15N5OS/c1-8(13(20)19(2)3)21-14-16-12-11(17-18-14)9-6-4-5-7-10(9)15-12/h4-8H,1-3H3,(H,15,16,18)/t8-/m0/s1. The van der Waals surface area contributed by atoms with Gasteiger partial charge < -0.3 is 9.88 Å². The molecule has 0 aliphatic rings. The Kier molecular flexibility index (Phi) is 3.50. The Morgan fingerprint density at radius 3 is 2.81 bits per heavy atom. The molecule has 0 spiro atoms. The topological polar surface area (TPSA) is 74.8 Å². The first-order valence-corrected chi connectivity index (χ1v) is 7.43. The third-order valence-electron chi connectivity index (χ3n) is 3.17. The lowest BCUT2D eigenvalue weighted by Gasteiger charge is -2.15. The molecule has 0 aliphatic carbocycles. The molecule has 1 aromatic carbocycles. The molecule has 108 valence electrons. The molecule has 0 bridgehead atoms. The number of benzene rings is 1. The van der Waals surface area contributed by atoms with Gasteiger partial charge in [0, 0.05) is 25.0 Å². The van der Waals surface area contributed by atoms with Crippen LogP contribution in [0, 0.1) is 0 Å². The molecular weight excluding hydrogens is 286 g/mol. The van der Waals surface area contributed by atoms with Crippen molar-refractivity contribution in [1.82, 2.24) is 25.1 Å². The average molecular weight is 301 g/mol. The van der Waals surface area contributed by atoms with E-state index in [9.17, 15) is 4.79 Å². The van der Waals surface area contributed by atoms with Crippen molar-refractivity contribution in [2.45, 2.75) is 17.3 Å². The Morgan fingerprint density at radius 1 is 1.29 bits per heavy atom. The Hall–Kier alpha value is -2.15. The molecular formula is C14H15N5OS. The van der Waals surface area contributed by atoms with Crippen molar-refractivity contribution in [3.63, 3.8) is 0 Å². The van der Waals surface area contributed by atoms with Crippen molar-refractivity contribution in [3.05, 3.63) is 24.3 Å². The number of para-hydroxylation sites is 1. The van der Waals surface area contributed by atoms with Crippen LogP contribution in [0.4, 0.5) is 0 Å². The summed E-state index contributed by atoms with van der Waals surface area (Å²) in [6, 6.07) is 7.87. The SMILES string of the molecule is C[C@H](Sc1nnc2c(n1)[nH]c1ccccc12)C(=O)N(C)C. The molecule has 3 aromatic rings. The molecule has 1 N–H and O–H groups in total. The Balaban J connectivity index is 1.94. The lowest BCUT2D eigenvalue weighted by molar-refractivity contribution is -0.127. The lowest BCUT2D eigenvalue weighted by atomic mass is 10.2. The Labute approximate surface area is 126 Å². The fraction of sp³-hybridized carbons (Fsp3) is 0.286. The van der Waals surface area contributed by atoms with Gasteiger partial charge in [0.15, 0.2) is 5.65 Å². The van der Waals surface area contributed by atoms with Gasteiger partial charge in [-0.25, -0.2) is 4.98 Å². The van der Waals surface area contributed by atoms with E-state index >= 15 is 0 Å². The van der Waals surface area contributed by atoms with Gasteiger partial charge in [0.05, 0.1) is 5.25 Å². The second kappa shape index (κ2) is 5.33. The van der Waals surface area contributed by atoms with Crippen molar-refractivity contribution in [3.8, 4) is 0 Å². The number of rotatable bonds is 3. The molecule has 0 radical (unpaired) electrons. The minimum absolute atomic E-state index is 0.0281. The lowest BCUT2D eigenvalue weighted by Crippen LogP contribution is -2.29. The quantitative estimate of drug-likeness (QED) is 0.750. The van der Waals surface area contributed by atoms with Crippen LogP contribution in [0.15, 0.2) is 29.4 Å². The molecule has 7 heteroatoms. The maximum Gasteiger partial charge on any atom is 0.235 e. The first-order valence-electron chi connectivity index (χ1n) is 6.55. The number of carbonyl (C=O) groups excluding carboxylic acids is 1. The van der Waals surface area contributed by atoms with Gasteiger partial charge in [0.2, 0.25) is 11.1 Å². The van der Waals surface area contributed by atoms with Gasteiger partial charge >= 0.3 is 0 Å². The predicted octanol–water partition coefficient (Wildman–Crippen LogP) is 2.07. The molecule has 2 aromatic heterocycles. The van der Waals surface area contributed by atoms with E-state index in [4.69, 9.17) is 0 Å². The van der Waals surface area contributed by atoms with Crippen molar-refractivity contribution in [1.29, 1.82) is 0 Å². The number of nitrogens with zero attached hydrogens (tertiary/aromatic N) is 4. The number of hydrogen-bond acceptors (Lipinski definition) is 5. The molecule has 0 fully saturated rings. The van der Waals surface area contributed by atoms with Crippen LogP contribution in [0.3, 0.4) is 0 Å². The van der Waals surface area contributed by atoms with Gasteiger partial charge in [-0.2, -0.15) is 0 Å². The predicted molar refractivity (Wildman–Crippen MR) is 83.2 cm³/mol. The number of nitrogens with one attached hydrogen (secondary N) is 1. The average Bonchev–Trinajstić information content (AvgIpc) is 2.83. The number of thioether (sulfide) groups is 1. The third kappa shape index (κ3) is 2.56. The van der Waals surface area contributed by atoms with Crippen molar-refractivity contribution in [2.75, 3.05) is 14.1 Å². The van der Waals surface area contributed by atoms with E-state index in [0.717, 1.165) is 16.4 Å². The fourth-order valence-electron chi connectivity index (χ4n) is 2.13. The summed E-state index contributed by atoms with van der Waals surface area (Å²) in [4.78, 5) is 21.1. The number of aromatic nitrogens is 4. The van der Waals surface area contributed by atoms with Gasteiger partial charge in [-0.3, -0.25) is 4.79 Å². The Morgan fingerprint density at radius 2 is 2.05 bits per heavy atom. The molecule has 3 rings (SSSR count). The number of H-pyrrole nitrogens is 1. The van der Waals surface area contributed by atoms with E-state index in [0.29, 0.717) is 10.8 Å². The molecule has 1 atom stereocenters. The van der Waals surface area contributed by atoms with Gasteiger partial charge in [-0.05, 0) is 13.0 Å². The summed E-state index contributed by atoms with van der Waals surface area (Å²) in [7, 11) is 3.47. The summed E-state index contributed by atoms with van der Waals surface area (Å²) in [5.41, 5.74) is 2.42. The maximum absolute atomic E-state index is 11.9. The fourth-order valence-corrected chi connectivity index (χ4v) is 2.99. The highest BCUT2D eigenvalue weighted by Gasteiger charge is 2.18. The summed E-state index contributed by atoms with van der Waals surface area (Å²) in [6.07, 6.45) is 0. The zero-order valence-corrected chi connectivity index (χ0v) is 12.8. The maximum atomic E-state index is 11.9. The minimum atomic E-state index is -0.247. The third-order valence-corrected chi connectivity index (χ3v) is 4.11. The zero-order valence-electron chi connectivity index (χ0n) is 12.0. The Bertz CT molecular complexity index is 813. The summed E-state index contributed by atoms with van der Waals surface area (Å²) in [5.74, 6) is 0.0281.